The van der Waals surface area contributed by atoms with E-state index in [0.29, 0.717) is 26.0 Å². The number of carbonyl (C=O) groups is 3. The van der Waals surface area contributed by atoms with Crippen molar-refractivity contribution in [2.75, 3.05) is 5.32 Å². The Morgan fingerprint density at radius 3 is 2.31 bits per heavy atom. The van der Waals surface area contributed by atoms with Crippen LogP contribution in [0.25, 0.3) is 5.69 Å². The van der Waals surface area contributed by atoms with Gasteiger partial charge in [-0.15, -0.1) is 11.3 Å². The summed E-state index contributed by atoms with van der Waals surface area (Å²) in [4.78, 5) is 51.5. The maximum Gasteiger partial charge on any atom is 0.340 e. The highest BCUT2D eigenvalue weighted by molar-refractivity contribution is 7.18. The largest absolute Gasteiger partial charge is 0.456 e. The van der Waals surface area contributed by atoms with Crippen molar-refractivity contribution < 1.29 is 19.1 Å². The maximum atomic E-state index is 13.3. The molecule has 0 saturated heterocycles. The number of rotatable bonds is 7. The number of nitrogens with one attached hydrogen (secondary N) is 2. The summed E-state index contributed by atoms with van der Waals surface area (Å²) < 4.78 is 7.51. The molecular formula is C29H26ClN3O5S. The highest BCUT2D eigenvalue weighted by atomic mass is 35.5. The van der Waals surface area contributed by atoms with Crippen molar-refractivity contribution >= 4 is 46.4 Å². The van der Waals surface area contributed by atoms with Gasteiger partial charge < -0.3 is 15.4 Å². The topological polar surface area (TPSA) is 106 Å². The fourth-order valence-corrected chi connectivity index (χ4v) is 4.66. The standard InChI is InChI=1S/C29H26ClN3O5S/c1-29(2,3)38-28(37)21-8-6-7-19(17-31-27(36)22-14-15-23(30)39-22)25(21)32-26(35)18-10-12-20(13-11-18)33-16-5-4-9-24(33)34/h4-16H,17H2,1-3H3,(H,31,36)(H,32,35). The van der Waals surface area contributed by atoms with Gasteiger partial charge in [-0.3, -0.25) is 19.0 Å². The molecule has 2 aromatic carbocycles. The highest BCUT2D eigenvalue weighted by Gasteiger charge is 2.24. The van der Waals surface area contributed by atoms with E-state index in [1.807, 2.05) is 0 Å². The number of ether oxygens (including phenoxy) is 1. The second kappa shape index (κ2) is 11.7. The van der Waals surface area contributed by atoms with Crippen LogP contribution in [0.5, 0.6) is 0 Å². The Morgan fingerprint density at radius 1 is 0.923 bits per heavy atom. The van der Waals surface area contributed by atoms with Gasteiger partial charge in [0.05, 0.1) is 20.5 Å². The van der Waals surface area contributed by atoms with Crippen LogP contribution < -0.4 is 16.2 Å². The molecular weight excluding hydrogens is 538 g/mol. The summed E-state index contributed by atoms with van der Waals surface area (Å²) in [6.07, 6.45) is 1.64. The minimum atomic E-state index is -0.758. The molecule has 8 nitrogen and oxygen atoms in total. The van der Waals surface area contributed by atoms with E-state index in [1.165, 1.54) is 10.6 Å². The Labute approximate surface area is 234 Å². The van der Waals surface area contributed by atoms with Gasteiger partial charge in [-0.05, 0) is 74.9 Å². The van der Waals surface area contributed by atoms with E-state index in [4.69, 9.17) is 16.3 Å². The molecule has 0 aliphatic rings. The van der Waals surface area contributed by atoms with Crippen LogP contribution in [0.2, 0.25) is 4.34 Å². The van der Waals surface area contributed by atoms with Crippen LogP contribution in [-0.2, 0) is 11.3 Å². The number of amides is 2. The lowest BCUT2D eigenvalue weighted by Crippen LogP contribution is -2.27. The van der Waals surface area contributed by atoms with Crippen molar-refractivity contribution in [1.82, 2.24) is 9.88 Å². The molecule has 2 amide bonds. The summed E-state index contributed by atoms with van der Waals surface area (Å²) in [7, 11) is 0. The van der Waals surface area contributed by atoms with Gasteiger partial charge >= 0.3 is 5.97 Å². The van der Waals surface area contributed by atoms with Crippen LogP contribution in [0.4, 0.5) is 5.69 Å². The number of nitrogens with zero attached hydrogens (tertiary/aromatic N) is 1. The zero-order chi connectivity index (χ0) is 28.2. The lowest BCUT2D eigenvalue weighted by Gasteiger charge is -2.22. The highest BCUT2D eigenvalue weighted by Crippen LogP contribution is 2.26. The molecule has 0 spiro atoms. The number of anilines is 1. The van der Waals surface area contributed by atoms with Gasteiger partial charge in [0, 0.05) is 30.1 Å². The fraction of sp³-hybridized carbons (Fsp3) is 0.172. The summed E-state index contributed by atoms with van der Waals surface area (Å²) in [6, 6.07) is 19.5. The number of hydrogen-bond donors (Lipinski definition) is 2. The van der Waals surface area contributed by atoms with Crippen molar-refractivity contribution in [1.29, 1.82) is 0 Å². The minimum Gasteiger partial charge on any atom is -0.456 e. The van der Waals surface area contributed by atoms with Crippen LogP contribution in [-0.4, -0.2) is 28.0 Å². The van der Waals surface area contributed by atoms with Crippen LogP contribution in [0.15, 0.2) is 83.8 Å². The second-order valence-electron chi connectivity index (χ2n) is 9.54. The van der Waals surface area contributed by atoms with E-state index in [0.717, 1.165) is 11.3 Å². The molecule has 0 unspecified atom stereocenters. The summed E-state index contributed by atoms with van der Waals surface area (Å²) in [5.41, 5.74) is 0.842. The van der Waals surface area contributed by atoms with Gasteiger partial charge in [-0.25, -0.2) is 4.79 Å². The van der Waals surface area contributed by atoms with Gasteiger partial charge in [-0.1, -0.05) is 29.8 Å². The SMILES string of the molecule is CC(C)(C)OC(=O)c1cccc(CNC(=O)c2ccc(Cl)s2)c1NC(=O)c1ccc(-n2ccccc2=O)cc1. The van der Waals surface area contributed by atoms with E-state index in [-0.39, 0.29) is 29.3 Å². The van der Waals surface area contributed by atoms with Crippen molar-refractivity contribution in [3.63, 3.8) is 0 Å². The van der Waals surface area contributed by atoms with E-state index in [2.05, 4.69) is 10.6 Å². The van der Waals surface area contributed by atoms with Crippen molar-refractivity contribution in [3.8, 4) is 5.69 Å². The number of aromatic nitrogens is 1. The molecule has 2 N–H and O–H groups in total. The van der Waals surface area contributed by atoms with Crippen molar-refractivity contribution in [3.05, 3.63) is 115 Å². The van der Waals surface area contributed by atoms with E-state index >= 15 is 0 Å². The number of esters is 1. The summed E-state index contributed by atoms with van der Waals surface area (Å²) in [5, 5.41) is 5.63. The van der Waals surface area contributed by atoms with Gasteiger partial charge in [-0.2, -0.15) is 0 Å². The zero-order valence-electron chi connectivity index (χ0n) is 21.5. The number of carbonyl (C=O) groups excluding carboxylic acids is 3. The summed E-state index contributed by atoms with van der Waals surface area (Å²) >= 11 is 7.09. The smallest absolute Gasteiger partial charge is 0.340 e. The molecule has 0 radical (unpaired) electrons. The van der Waals surface area contributed by atoms with Crippen LogP contribution in [0, 0.1) is 0 Å². The molecule has 0 aliphatic carbocycles. The molecule has 4 rings (SSSR count). The molecule has 0 atom stereocenters. The van der Waals surface area contributed by atoms with Gasteiger partial charge in [0.25, 0.3) is 17.4 Å². The minimum absolute atomic E-state index is 0.0382. The molecule has 0 aliphatic heterocycles. The predicted octanol–water partition coefficient (Wildman–Crippen LogP) is 5.69. The molecule has 2 aromatic heterocycles. The monoisotopic (exact) mass is 563 g/mol. The number of thiophene rings is 1. The first-order valence-electron chi connectivity index (χ1n) is 12.0. The van der Waals surface area contributed by atoms with Crippen molar-refractivity contribution in [2.24, 2.45) is 0 Å². The zero-order valence-corrected chi connectivity index (χ0v) is 23.1. The second-order valence-corrected chi connectivity index (χ2v) is 11.3. The molecule has 0 bridgehead atoms. The third-order valence-corrected chi connectivity index (χ3v) is 6.70. The number of pyridine rings is 1. The third kappa shape index (κ3) is 7.01. The maximum absolute atomic E-state index is 13.3. The number of hydrogen-bond acceptors (Lipinski definition) is 6. The number of halogens is 1. The molecule has 39 heavy (non-hydrogen) atoms. The van der Waals surface area contributed by atoms with Gasteiger partial charge in [0.2, 0.25) is 0 Å². The molecule has 0 fully saturated rings. The lowest BCUT2D eigenvalue weighted by atomic mass is 10.0. The van der Waals surface area contributed by atoms with E-state index in [1.54, 1.807) is 93.7 Å². The number of para-hydroxylation sites is 1. The Bertz CT molecular complexity index is 1590. The molecule has 10 heteroatoms. The summed E-state index contributed by atoms with van der Waals surface area (Å²) in [6.45, 7) is 5.29. The van der Waals surface area contributed by atoms with E-state index in [9.17, 15) is 19.2 Å². The van der Waals surface area contributed by atoms with Crippen LogP contribution in [0.3, 0.4) is 0 Å². The average Bonchev–Trinajstić information content (AvgIpc) is 3.33. The quantitative estimate of drug-likeness (QED) is 0.281. The Kier molecular flexibility index (Phi) is 8.32. The average molecular weight is 564 g/mol. The molecule has 0 saturated carbocycles. The van der Waals surface area contributed by atoms with Gasteiger partial charge in [0.1, 0.15) is 5.60 Å². The summed E-state index contributed by atoms with van der Waals surface area (Å²) in [5.74, 6) is -1.43. The third-order valence-electron chi connectivity index (χ3n) is 5.47. The van der Waals surface area contributed by atoms with Gasteiger partial charge in [0.15, 0.2) is 0 Å². The van der Waals surface area contributed by atoms with E-state index < -0.39 is 17.5 Å². The first kappa shape index (κ1) is 27.8. The van der Waals surface area contributed by atoms with Crippen molar-refractivity contribution in [2.45, 2.75) is 32.9 Å². The Morgan fingerprint density at radius 2 is 1.67 bits per heavy atom. The van der Waals surface area contributed by atoms with Crippen LogP contribution >= 0.6 is 22.9 Å². The fourth-order valence-electron chi connectivity index (χ4n) is 3.70. The first-order chi connectivity index (χ1) is 18.5. The number of benzene rings is 2. The molecule has 200 valence electrons. The lowest BCUT2D eigenvalue weighted by molar-refractivity contribution is 0.00706. The molecule has 2 heterocycles. The predicted molar refractivity (Wildman–Crippen MR) is 152 cm³/mol. The molecule has 4 aromatic rings. The Balaban J connectivity index is 1.62. The first-order valence-corrected chi connectivity index (χ1v) is 13.2. The normalized spacial score (nSPS) is 11.1. The Hall–Kier alpha value is -4.21. The van der Waals surface area contributed by atoms with Crippen LogP contribution in [0.1, 0.15) is 56.7 Å².